The fourth-order valence-electron chi connectivity index (χ4n) is 6.06. The molecule has 2 unspecified atom stereocenters. The number of rotatable bonds is 5. The number of carbonyl (C=O) groups excluding carboxylic acids is 3. The second kappa shape index (κ2) is 9.48. The Balaban J connectivity index is 1.38. The molecule has 0 aromatic carbocycles. The Morgan fingerprint density at radius 1 is 1.12 bits per heavy atom. The smallest absolute Gasteiger partial charge is 0.433 e. The summed E-state index contributed by atoms with van der Waals surface area (Å²) < 4.78 is 42.2. The Hall–Kier alpha value is -4.07. The number of pyridine rings is 2. The summed E-state index contributed by atoms with van der Waals surface area (Å²) in [5.74, 6) is -1.55. The molecule has 3 aromatic heterocycles. The highest BCUT2D eigenvalue weighted by atomic mass is 32.1. The van der Waals surface area contributed by atoms with Crippen LogP contribution in [0, 0.1) is 24.2 Å². The standard InChI is InChI=1S/C28H26F3N5O5S/c1-13-8-18(28(29,30)31)33-22(16(13)11-34-6-7-35(26(40)41)12-19(34)37)15-4-5-32-17-9-14(42-23(15)17)10-36-24(38)20-21(25(36)39)27(20,2)3/h4-5,8-9,20-21H,6-7,10-12H2,1-3H3,(H,40,41). The maximum absolute atomic E-state index is 13.9. The third-order valence-electron chi connectivity index (χ3n) is 8.50. The fourth-order valence-corrected chi connectivity index (χ4v) is 7.18. The number of carboxylic acid groups (broad SMARTS) is 1. The molecule has 2 atom stereocenters. The van der Waals surface area contributed by atoms with E-state index in [4.69, 9.17) is 0 Å². The van der Waals surface area contributed by atoms with Crippen LogP contribution in [0.4, 0.5) is 18.0 Å². The summed E-state index contributed by atoms with van der Waals surface area (Å²) in [6, 6.07) is 4.21. The van der Waals surface area contributed by atoms with Crippen LogP contribution in [0.2, 0.25) is 0 Å². The number of halogens is 3. The molecule has 2 aliphatic heterocycles. The first kappa shape index (κ1) is 28.1. The molecule has 6 rings (SSSR count). The molecule has 0 radical (unpaired) electrons. The average molecular weight is 602 g/mol. The van der Waals surface area contributed by atoms with E-state index in [0.717, 1.165) is 11.0 Å². The van der Waals surface area contributed by atoms with Gasteiger partial charge in [-0.2, -0.15) is 13.2 Å². The number of aromatic nitrogens is 2. The first-order valence-electron chi connectivity index (χ1n) is 13.2. The summed E-state index contributed by atoms with van der Waals surface area (Å²) in [5.41, 5.74) is 0.133. The van der Waals surface area contributed by atoms with Gasteiger partial charge in [-0.25, -0.2) is 9.78 Å². The molecule has 3 aliphatic rings. The van der Waals surface area contributed by atoms with Gasteiger partial charge in [0.2, 0.25) is 17.7 Å². The Kier molecular flexibility index (Phi) is 6.33. The Labute approximate surface area is 241 Å². The van der Waals surface area contributed by atoms with Crippen LogP contribution in [0.15, 0.2) is 24.4 Å². The quantitative estimate of drug-likeness (QED) is 0.436. The van der Waals surface area contributed by atoms with Crippen LogP contribution in [-0.2, 0) is 33.6 Å². The monoisotopic (exact) mass is 601 g/mol. The number of thiophene rings is 1. The number of hydrogen-bond donors (Lipinski definition) is 1. The molecule has 220 valence electrons. The van der Waals surface area contributed by atoms with Crippen molar-refractivity contribution in [3.63, 3.8) is 0 Å². The summed E-state index contributed by atoms with van der Waals surface area (Å²) in [4.78, 5) is 62.5. The van der Waals surface area contributed by atoms with E-state index in [1.54, 1.807) is 12.1 Å². The maximum atomic E-state index is 13.9. The third kappa shape index (κ3) is 4.48. The normalized spacial score (nSPS) is 21.9. The van der Waals surface area contributed by atoms with Crippen molar-refractivity contribution in [1.82, 2.24) is 24.7 Å². The summed E-state index contributed by atoms with van der Waals surface area (Å²) >= 11 is 1.22. The van der Waals surface area contributed by atoms with Gasteiger partial charge in [0.05, 0.1) is 34.3 Å². The van der Waals surface area contributed by atoms with Crippen LogP contribution in [0.25, 0.3) is 21.5 Å². The van der Waals surface area contributed by atoms with Gasteiger partial charge in [-0.3, -0.25) is 29.2 Å². The van der Waals surface area contributed by atoms with Gasteiger partial charge >= 0.3 is 12.3 Å². The van der Waals surface area contributed by atoms with Crippen LogP contribution in [0.3, 0.4) is 0 Å². The predicted molar refractivity (Wildman–Crippen MR) is 144 cm³/mol. The molecule has 1 aliphatic carbocycles. The number of hydrogen-bond acceptors (Lipinski definition) is 7. The number of carbonyl (C=O) groups is 4. The van der Waals surface area contributed by atoms with Crippen molar-refractivity contribution in [1.29, 1.82) is 0 Å². The van der Waals surface area contributed by atoms with E-state index in [0.29, 0.717) is 26.2 Å². The lowest BCUT2D eigenvalue weighted by Crippen LogP contribution is -2.51. The van der Waals surface area contributed by atoms with Gasteiger partial charge in [0.25, 0.3) is 0 Å². The van der Waals surface area contributed by atoms with Crippen LogP contribution < -0.4 is 0 Å². The van der Waals surface area contributed by atoms with E-state index >= 15 is 0 Å². The van der Waals surface area contributed by atoms with E-state index in [2.05, 4.69) is 9.97 Å². The number of imide groups is 1. The van der Waals surface area contributed by atoms with Gasteiger partial charge < -0.3 is 10.0 Å². The van der Waals surface area contributed by atoms with Crippen molar-refractivity contribution in [2.24, 2.45) is 17.3 Å². The van der Waals surface area contributed by atoms with E-state index in [1.165, 1.54) is 34.3 Å². The molecule has 2 saturated heterocycles. The summed E-state index contributed by atoms with van der Waals surface area (Å²) in [5, 5.41) is 9.23. The number of aryl methyl sites for hydroxylation is 1. The summed E-state index contributed by atoms with van der Waals surface area (Å²) in [6.07, 6.45) is -4.49. The number of fused-ring (bicyclic) bond motifs is 2. The van der Waals surface area contributed by atoms with Crippen molar-refractivity contribution in [3.05, 3.63) is 46.1 Å². The summed E-state index contributed by atoms with van der Waals surface area (Å²) in [6.45, 7) is 5.10. The van der Waals surface area contributed by atoms with Crippen molar-refractivity contribution >= 4 is 45.4 Å². The van der Waals surface area contributed by atoms with Crippen molar-refractivity contribution < 1.29 is 37.5 Å². The highest BCUT2D eigenvalue weighted by molar-refractivity contribution is 7.19. The predicted octanol–water partition coefficient (Wildman–Crippen LogP) is 4.15. The lowest BCUT2D eigenvalue weighted by molar-refractivity contribution is -0.144. The minimum Gasteiger partial charge on any atom is -0.465 e. The van der Waals surface area contributed by atoms with Gasteiger partial charge in [0, 0.05) is 41.8 Å². The minimum atomic E-state index is -4.72. The van der Waals surface area contributed by atoms with Crippen molar-refractivity contribution in [3.8, 4) is 11.3 Å². The number of piperidine rings is 1. The molecule has 3 aromatic rings. The molecule has 1 N–H and O–H groups in total. The first-order chi connectivity index (χ1) is 19.7. The largest absolute Gasteiger partial charge is 0.465 e. The van der Waals surface area contributed by atoms with Crippen molar-refractivity contribution in [2.75, 3.05) is 19.6 Å². The number of likely N-dealkylation sites (tertiary alicyclic amines) is 1. The SMILES string of the molecule is Cc1cc(C(F)(F)F)nc(-c2ccnc3cc(CN4C(=O)C5C(C4=O)C5(C)C)sc23)c1CN1CCN(C(=O)O)CC1=O. The molecular formula is C28H26F3N5O5S. The van der Waals surface area contributed by atoms with E-state index in [-0.39, 0.29) is 73.0 Å². The van der Waals surface area contributed by atoms with Crippen LogP contribution in [0.1, 0.15) is 35.5 Å². The molecule has 42 heavy (non-hydrogen) atoms. The van der Waals surface area contributed by atoms with Gasteiger partial charge in [0.15, 0.2) is 0 Å². The van der Waals surface area contributed by atoms with Crippen LogP contribution in [-0.4, -0.2) is 73.2 Å². The Bertz CT molecular complexity index is 1660. The fraction of sp³-hybridized carbons (Fsp3) is 0.429. The molecule has 3 fully saturated rings. The van der Waals surface area contributed by atoms with Gasteiger partial charge in [-0.05, 0) is 36.1 Å². The average Bonchev–Trinajstić information content (AvgIpc) is 3.15. The highest BCUT2D eigenvalue weighted by Gasteiger charge is 2.72. The second-order valence-corrected chi connectivity index (χ2v) is 12.6. The molecule has 10 nitrogen and oxygen atoms in total. The number of nitrogens with zero attached hydrogens (tertiary/aromatic N) is 5. The molecule has 0 bridgehead atoms. The maximum Gasteiger partial charge on any atom is 0.433 e. The first-order valence-corrected chi connectivity index (χ1v) is 14.1. The Morgan fingerprint density at radius 2 is 1.81 bits per heavy atom. The molecule has 1 saturated carbocycles. The minimum absolute atomic E-state index is 0.0351. The molecule has 4 amide bonds. The summed E-state index contributed by atoms with van der Waals surface area (Å²) in [7, 11) is 0. The van der Waals surface area contributed by atoms with Gasteiger partial charge in [-0.1, -0.05) is 13.8 Å². The highest BCUT2D eigenvalue weighted by Crippen LogP contribution is 2.63. The molecule has 5 heterocycles. The number of amides is 4. The third-order valence-corrected chi connectivity index (χ3v) is 9.64. The number of piperazine rings is 1. The lowest BCUT2D eigenvalue weighted by atomic mass is 9.99. The Morgan fingerprint density at radius 3 is 2.43 bits per heavy atom. The molecular weight excluding hydrogens is 575 g/mol. The van der Waals surface area contributed by atoms with Crippen molar-refractivity contribution in [2.45, 2.75) is 40.0 Å². The second-order valence-electron chi connectivity index (χ2n) is 11.5. The van der Waals surface area contributed by atoms with E-state index in [9.17, 15) is 37.5 Å². The van der Waals surface area contributed by atoms with Gasteiger partial charge in [-0.15, -0.1) is 11.3 Å². The zero-order valence-corrected chi connectivity index (χ0v) is 23.7. The number of alkyl halides is 3. The van der Waals surface area contributed by atoms with Gasteiger partial charge in [0.1, 0.15) is 12.2 Å². The topological polar surface area (TPSA) is 124 Å². The lowest BCUT2D eigenvalue weighted by Gasteiger charge is -2.33. The van der Waals surface area contributed by atoms with Crippen LogP contribution >= 0.6 is 11.3 Å². The zero-order chi connectivity index (χ0) is 30.3. The molecule has 14 heteroatoms. The van der Waals surface area contributed by atoms with E-state index in [1.807, 2.05) is 13.8 Å². The van der Waals surface area contributed by atoms with E-state index < -0.39 is 23.9 Å². The van der Waals surface area contributed by atoms with Crippen LogP contribution in [0.5, 0.6) is 0 Å². The zero-order valence-electron chi connectivity index (χ0n) is 22.9. The molecule has 0 spiro atoms.